The summed E-state index contributed by atoms with van der Waals surface area (Å²) < 4.78 is 15.4. The highest BCUT2D eigenvalue weighted by atomic mass is 32.1. The zero-order valence-corrected chi connectivity index (χ0v) is 9.27. The maximum Gasteiger partial charge on any atom is 0.308 e. The van der Waals surface area contributed by atoms with Gasteiger partial charge in [-0.1, -0.05) is 11.3 Å². The standard InChI is InChI=1S/C10H11FN2OS/c1-5(2)13-8-4-7(12)6(11)3-9(8)15-10(13)14/h3-5H,12H2,1-2H3. The first kappa shape index (κ1) is 10.2. The van der Waals surface area contributed by atoms with Gasteiger partial charge in [-0.25, -0.2) is 4.39 Å². The molecule has 5 heteroatoms. The van der Waals surface area contributed by atoms with Gasteiger partial charge in [-0.15, -0.1) is 0 Å². The topological polar surface area (TPSA) is 48.0 Å². The number of hydrogen-bond acceptors (Lipinski definition) is 3. The molecule has 0 amide bonds. The lowest BCUT2D eigenvalue weighted by Crippen LogP contribution is -2.14. The van der Waals surface area contributed by atoms with Gasteiger partial charge in [0.25, 0.3) is 0 Å². The summed E-state index contributed by atoms with van der Waals surface area (Å²) in [5.74, 6) is -0.473. The Balaban J connectivity index is 2.88. The second-order valence-corrected chi connectivity index (χ2v) is 4.67. The van der Waals surface area contributed by atoms with Crippen LogP contribution < -0.4 is 10.6 Å². The molecule has 2 aromatic rings. The molecule has 3 nitrogen and oxygen atoms in total. The second-order valence-electron chi connectivity index (χ2n) is 3.67. The number of thiazole rings is 1. The van der Waals surface area contributed by atoms with Gasteiger partial charge >= 0.3 is 4.87 Å². The van der Waals surface area contributed by atoms with Crippen molar-refractivity contribution in [2.45, 2.75) is 19.9 Å². The summed E-state index contributed by atoms with van der Waals surface area (Å²) in [5.41, 5.74) is 6.26. The predicted molar refractivity (Wildman–Crippen MR) is 60.8 cm³/mol. The Morgan fingerprint density at radius 1 is 1.47 bits per heavy atom. The van der Waals surface area contributed by atoms with Crippen LogP contribution in [0.4, 0.5) is 10.1 Å². The fourth-order valence-electron chi connectivity index (χ4n) is 1.56. The summed E-state index contributed by atoms with van der Waals surface area (Å²) in [5, 5.41) is 0. The third kappa shape index (κ3) is 1.52. The monoisotopic (exact) mass is 226 g/mol. The normalized spacial score (nSPS) is 11.5. The zero-order chi connectivity index (χ0) is 11.2. The van der Waals surface area contributed by atoms with Crippen molar-refractivity contribution in [2.75, 3.05) is 5.73 Å². The number of fused-ring (bicyclic) bond motifs is 1. The van der Waals surface area contributed by atoms with Crippen LogP contribution in [-0.2, 0) is 0 Å². The number of anilines is 1. The summed E-state index contributed by atoms with van der Waals surface area (Å²) in [6.07, 6.45) is 0. The van der Waals surface area contributed by atoms with Gasteiger partial charge in [0.15, 0.2) is 0 Å². The largest absolute Gasteiger partial charge is 0.396 e. The Morgan fingerprint density at radius 2 is 2.13 bits per heavy atom. The Bertz CT molecular complexity index is 571. The van der Waals surface area contributed by atoms with Gasteiger partial charge in [0.05, 0.1) is 15.9 Å². The Hall–Kier alpha value is -1.36. The second kappa shape index (κ2) is 3.34. The van der Waals surface area contributed by atoms with Crippen LogP contribution in [-0.4, -0.2) is 4.57 Å². The predicted octanol–water partition coefficient (Wildman–Crippen LogP) is 2.37. The van der Waals surface area contributed by atoms with Gasteiger partial charge in [0.2, 0.25) is 0 Å². The van der Waals surface area contributed by atoms with E-state index in [-0.39, 0.29) is 16.6 Å². The van der Waals surface area contributed by atoms with Gasteiger partial charge in [-0.05, 0) is 26.0 Å². The molecule has 0 aliphatic carbocycles. The first-order valence-corrected chi connectivity index (χ1v) is 5.42. The SMILES string of the molecule is CC(C)n1c(=O)sc2cc(F)c(N)cc21. The van der Waals surface area contributed by atoms with E-state index in [0.29, 0.717) is 10.2 Å². The van der Waals surface area contributed by atoms with E-state index >= 15 is 0 Å². The van der Waals surface area contributed by atoms with Gasteiger partial charge in [0, 0.05) is 6.04 Å². The maximum atomic E-state index is 13.2. The Kier molecular flexibility index (Phi) is 2.26. The van der Waals surface area contributed by atoms with E-state index in [9.17, 15) is 9.18 Å². The first-order valence-electron chi connectivity index (χ1n) is 4.60. The van der Waals surface area contributed by atoms with E-state index in [1.54, 1.807) is 4.57 Å². The molecule has 80 valence electrons. The van der Waals surface area contributed by atoms with Gasteiger partial charge < -0.3 is 5.73 Å². The van der Waals surface area contributed by atoms with E-state index in [4.69, 9.17) is 5.73 Å². The molecule has 0 radical (unpaired) electrons. The molecule has 0 unspecified atom stereocenters. The molecule has 1 heterocycles. The number of nitrogen functional groups attached to an aromatic ring is 1. The minimum atomic E-state index is -0.473. The molecule has 0 saturated heterocycles. The van der Waals surface area contributed by atoms with Crippen molar-refractivity contribution < 1.29 is 4.39 Å². The van der Waals surface area contributed by atoms with Crippen molar-refractivity contribution >= 4 is 27.2 Å². The van der Waals surface area contributed by atoms with Gasteiger partial charge in [0.1, 0.15) is 5.82 Å². The van der Waals surface area contributed by atoms with Crippen molar-refractivity contribution in [2.24, 2.45) is 0 Å². The summed E-state index contributed by atoms with van der Waals surface area (Å²) in [7, 11) is 0. The van der Waals surface area contributed by atoms with Crippen LogP contribution in [0.2, 0.25) is 0 Å². The number of rotatable bonds is 1. The highest BCUT2D eigenvalue weighted by Gasteiger charge is 2.12. The highest BCUT2D eigenvalue weighted by molar-refractivity contribution is 7.16. The summed E-state index contributed by atoms with van der Waals surface area (Å²) in [6, 6.07) is 2.88. The smallest absolute Gasteiger partial charge is 0.308 e. The van der Waals surface area contributed by atoms with E-state index < -0.39 is 5.82 Å². The number of aromatic nitrogens is 1. The molecule has 2 rings (SSSR count). The van der Waals surface area contributed by atoms with Crippen molar-refractivity contribution in [3.05, 3.63) is 27.6 Å². The van der Waals surface area contributed by atoms with Gasteiger partial charge in [-0.2, -0.15) is 0 Å². The third-order valence-electron chi connectivity index (χ3n) is 2.25. The van der Waals surface area contributed by atoms with Crippen molar-refractivity contribution in [3.63, 3.8) is 0 Å². The summed E-state index contributed by atoms with van der Waals surface area (Å²) >= 11 is 1.04. The molecular weight excluding hydrogens is 215 g/mol. The fraction of sp³-hybridized carbons (Fsp3) is 0.300. The van der Waals surface area contributed by atoms with Crippen molar-refractivity contribution in [1.29, 1.82) is 0 Å². The molecule has 1 aromatic carbocycles. The average Bonchev–Trinajstić information content (AvgIpc) is 2.41. The lowest BCUT2D eigenvalue weighted by molar-refractivity contribution is 0.609. The van der Waals surface area contributed by atoms with Crippen molar-refractivity contribution in [1.82, 2.24) is 4.57 Å². The van der Waals surface area contributed by atoms with Crippen LogP contribution in [0.25, 0.3) is 10.2 Å². The highest BCUT2D eigenvalue weighted by Crippen LogP contribution is 2.24. The molecule has 0 aliphatic rings. The molecule has 0 atom stereocenters. The van der Waals surface area contributed by atoms with E-state index in [0.717, 1.165) is 11.3 Å². The quantitative estimate of drug-likeness (QED) is 0.759. The van der Waals surface area contributed by atoms with E-state index in [2.05, 4.69) is 0 Å². The van der Waals surface area contributed by atoms with E-state index in [1.807, 2.05) is 13.8 Å². The van der Waals surface area contributed by atoms with Crippen LogP contribution in [0.5, 0.6) is 0 Å². The molecule has 0 bridgehead atoms. The van der Waals surface area contributed by atoms with Crippen LogP contribution in [0.15, 0.2) is 16.9 Å². The van der Waals surface area contributed by atoms with Crippen LogP contribution in [0.1, 0.15) is 19.9 Å². The Labute approximate surface area is 89.9 Å². The fourth-order valence-corrected chi connectivity index (χ4v) is 2.58. The molecule has 1 aromatic heterocycles. The Morgan fingerprint density at radius 3 is 2.73 bits per heavy atom. The molecule has 0 saturated carbocycles. The molecule has 15 heavy (non-hydrogen) atoms. The number of nitrogens with two attached hydrogens (primary N) is 1. The van der Waals surface area contributed by atoms with Gasteiger partial charge in [-0.3, -0.25) is 9.36 Å². The van der Waals surface area contributed by atoms with Crippen LogP contribution >= 0.6 is 11.3 Å². The third-order valence-corrected chi connectivity index (χ3v) is 3.17. The minimum Gasteiger partial charge on any atom is -0.396 e. The molecule has 0 fully saturated rings. The summed E-state index contributed by atoms with van der Waals surface area (Å²) in [4.78, 5) is 11.5. The average molecular weight is 226 g/mol. The maximum absolute atomic E-state index is 13.2. The number of hydrogen-bond donors (Lipinski definition) is 1. The number of benzene rings is 1. The van der Waals surface area contributed by atoms with E-state index in [1.165, 1.54) is 12.1 Å². The van der Waals surface area contributed by atoms with Crippen molar-refractivity contribution in [3.8, 4) is 0 Å². The number of halogens is 1. The molecule has 0 spiro atoms. The molecule has 0 aliphatic heterocycles. The minimum absolute atomic E-state index is 0.0520. The van der Waals surface area contributed by atoms with Crippen LogP contribution in [0, 0.1) is 5.82 Å². The van der Waals surface area contributed by atoms with Crippen LogP contribution in [0.3, 0.4) is 0 Å². The molecular formula is C10H11FN2OS. The lowest BCUT2D eigenvalue weighted by atomic mass is 10.2. The lowest BCUT2D eigenvalue weighted by Gasteiger charge is -2.07. The number of nitrogens with zero attached hydrogens (tertiary/aromatic N) is 1. The first-order chi connectivity index (χ1) is 7.00. The zero-order valence-electron chi connectivity index (χ0n) is 8.45. The summed E-state index contributed by atoms with van der Waals surface area (Å²) in [6.45, 7) is 3.82. The molecule has 2 N–H and O–H groups in total.